The fourth-order valence-electron chi connectivity index (χ4n) is 3.47. The highest BCUT2D eigenvalue weighted by Gasteiger charge is 2.20. The third-order valence-corrected chi connectivity index (χ3v) is 6.10. The van der Waals surface area contributed by atoms with Crippen molar-refractivity contribution in [1.82, 2.24) is 19.7 Å². The Balaban J connectivity index is 1.41. The van der Waals surface area contributed by atoms with Crippen molar-refractivity contribution in [2.75, 3.05) is 25.5 Å². The molecule has 0 saturated carbocycles. The van der Waals surface area contributed by atoms with Gasteiger partial charge in [0, 0.05) is 18.7 Å². The van der Waals surface area contributed by atoms with Crippen LogP contribution in [-0.4, -0.2) is 51.1 Å². The molecular formula is C23H26N4O3S. The van der Waals surface area contributed by atoms with Crippen LogP contribution in [0.3, 0.4) is 0 Å². The molecule has 0 radical (unpaired) electrons. The van der Waals surface area contributed by atoms with Gasteiger partial charge in [-0.05, 0) is 25.5 Å². The van der Waals surface area contributed by atoms with Gasteiger partial charge in [-0.25, -0.2) is 0 Å². The van der Waals surface area contributed by atoms with Gasteiger partial charge in [-0.2, -0.15) is 0 Å². The predicted molar refractivity (Wildman–Crippen MR) is 120 cm³/mol. The molecule has 1 amide bonds. The van der Waals surface area contributed by atoms with Crippen LogP contribution in [0.4, 0.5) is 0 Å². The van der Waals surface area contributed by atoms with E-state index < -0.39 is 0 Å². The molecule has 2 aromatic carbocycles. The SMILES string of the molecule is CCN(Cc1cccc2c1OCCO2)C(=O)CSc1nnc(C)n1Cc1ccccc1. The molecule has 0 saturated heterocycles. The Kier molecular flexibility index (Phi) is 6.76. The van der Waals surface area contributed by atoms with Crippen LogP contribution in [-0.2, 0) is 17.9 Å². The van der Waals surface area contributed by atoms with Crippen molar-refractivity contribution in [2.24, 2.45) is 0 Å². The number of hydrogen-bond donors (Lipinski definition) is 0. The largest absolute Gasteiger partial charge is 0.486 e. The van der Waals surface area contributed by atoms with Gasteiger partial charge in [0.1, 0.15) is 19.0 Å². The molecule has 0 spiro atoms. The third kappa shape index (κ3) is 5.02. The Bertz CT molecular complexity index is 1040. The smallest absolute Gasteiger partial charge is 0.233 e. The van der Waals surface area contributed by atoms with E-state index in [2.05, 4.69) is 22.3 Å². The number of carbonyl (C=O) groups excluding carboxylic acids is 1. The second-order valence-corrected chi connectivity index (χ2v) is 8.18. The molecule has 7 nitrogen and oxygen atoms in total. The number of amides is 1. The summed E-state index contributed by atoms with van der Waals surface area (Å²) in [6.07, 6.45) is 0. The van der Waals surface area contributed by atoms with E-state index in [1.54, 1.807) is 0 Å². The van der Waals surface area contributed by atoms with Gasteiger partial charge in [0.2, 0.25) is 5.91 Å². The van der Waals surface area contributed by atoms with E-state index in [0.29, 0.717) is 38.6 Å². The average Bonchev–Trinajstić information content (AvgIpc) is 3.15. The quantitative estimate of drug-likeness (QED) is 0.501. The lowest BCUT2D eigenvalue weighted by atomic mass is 10.1. The van der Waals surface area contributed by atoms with Crippen LogP contribution < -0.4 is 9.47 Å². The lowest BCUT2D eigenvalue weighted by Crippen LogP contribution is -2.32. The van der Waals surface area contributed by atoms with Crippen LogP contribution in [0.1, 0.15) is 23.9 Å². The van der Waals surface area contributed by atoms with E-state index >= 15 is 0 Å². The molecule has 3 aromatic rings. The minimum atomic E-state index is 0.0498. The van der Waals surface area contributed by atoms with Gasteiger partial charge < -0.3 is 18.9 Å². The topological polar surface area (TPSA) is 69.5 Å². The summed E-state index contributed by atoms with van der Waals surface area (Å²) in [5.41, 5.74) is 2.13. The second kappa shape index (κ2) is 9.87. The van der Waals surface area contributed by atoms with E-state index in [9.17, 15) is 4.79 Å². The summed E-state index contributed by atoms with van der Waals surface area (Å²) in [4.78, 5) is 14.8. The number of carbonyl (C=O) groups is 1. The molecule has 31 heavy (non-hydrogen) atoms. The third-order valence-electron chi connectivity index (χ3n) is 5.15. The van der Waals surface area contributed by atoms with Crippen LogP contribution in [0.25, 0.3) is 0 Å². The van der Waals surface area contributed by atoms with Crippen LogP contribution in [0, 0.1) is 6.92 Å². The Morgan fingerprint density at radius 3 is 2.71 bits per heavy atom. The lowest BCUT2D eigenvalue weighted by Gasteiger charge is -2.25. The van der Waals surface area contributed by atoms with Crippen LogP contribution >= 0.6 is 11.8 Å². The zero-order valence-electron chi connectivity index (χ0n) is 17.8. The Labute approximate surface area is 186 Å². The highest BCUT2D eigenvalue weighted by molar-refractivity contribution is 7.99. The van der Waals surface area contributed by atoms with Gasteiger partial charge in [-0.3, -0.25) is 4.79 Å². The molecule has 0 bridgehead atoms. The molecule has 1 aliphatic heterocycles. The molecule has 0 N–H and O–H groups in total. The summed E-state index contributed by atoms with van der Waals surface area (Å²) in [5, 5.41) is 9.24. The molecule has 1 aliphatic rings. The lowest BCUT2D eigenvalue weighted by molar-refractivity contribution is -0.128. The number of fused-ring (bicyclic) bond motifs is 1. The number of para-hydroxylation sites is 1. The summed E-state index contributed by atoms with van der Waals surface area (Å²) in [5.74, 6) is 2.66. The molecule has 4 rings (SSSR count). The molecule has 0 unspecified atom stereocenters. The zero-order chi connectivity index (χ0) is 21.6. The fraction of sp³-hybridized carbons (Fsp3) is 0.348. The molecule has 2 heterocycles. The van der Waals surface area contributed by atoms with Gasteiger partial charge in [0.25, 0.3) is 0 Å². The Morgan fingerprint density at radius 1 is 1.10 bits per heavy atom. The standard InChI is InChI=1S/C23H26N4O3S/c1-3-26(15-19-10-7-11-20-22(19)30-13-12-29-20)21(28)16-31-23-25-24-17(2)27(23)14-18-8-5-4-6-9-18/h4-11H,3,12-16H2,1-2H3. The normalized spacial score (nSPS) is 12.6. The monoisotopic (exact) mass is 438 g/mol. The van der Waals surface area contributed by atoms with Crippen molar-refractivity contribution in [1.29, 1.82) is 0 Å². The van der Waals surface area contributed by atoms with Gasteiger partial charge in [-0.15, -0.1) is 10.2 Å². The highest BCUT2D eigenvalue weighted by Crippen LogP contribution is 2.34. The minimum Gasteiger partial charge on any atom is -0.486 e. The number of ether oxygens (including phenoxy) is 2. The van der Waals surface area contributed by atoms with E-state index in [1.807, 2.05) is 59.7 Å². The van der Waals surface area contributed by atoms with E-state index in [4.69, 9.17) is 9.47 Å². The maximum Gasteiger partial charge on any atom is 0.233 e. The molecular weight excluding hydrogens is 412 g/mol. The molecule has 0 atom stereocenters. The summed E-state index contributed by atoms with van der Waals surface area (Å²) < 4.78 is 13.5. The summed E-state index contributed by atoms with van der Waals surface area (Å²) in [7, 11) is 0. The Hall–Kier alpha value is -3.00. The maximum atomic E-state index is 13.0. The van der Waals surface area contributed by atoms with Crippen molar-refractivity contribution < 1.29 is 14.3 Å². The van der Waals surface area contributed by atoms with Gasteiger partial charge >= 0.3 is 0 Å². The number of hydrogen-bond acceptors (Lipinski definition) is 6. The first-order valence-electron chi connectivity index (χ1n) is 10.4. The number of nitrogens with zero attached hydrogens (tertiary/aromatic N) is 4. The van der Waals surface area contributed by atoms with Crippen molar-refractivity contribution in [3.63, 3.8) is 0 Å². The van der Waals surface area contributed by atoms with Crippen molar-refractivity contribution >= 4 is 17.7 Å². The van der Waals surface area contributed by atoms with Gasteiger partial charge in [0.05, 0.1) is 12.3 Å². The number of rotatable bonds is 8. The number of aromatic nitrogens is 3. The average molecular weight is 439 g/mol. The van der Waals surface area contributed by atoms with Crippen molar-refractivity contribution in [3.8, 4) is 11.5 Å². The van der Waals surface area contributed by atoms with E-state index in [1.165, 1.54) is 17.3 Å². The number of aryl methyl sites for hydroxylation is 1. The second-order valence-electron chi connectivity index (χ2n) is 7.24. The molecule has 0 aliphatic carbocycles. The predicted octanol–water partition coefficient (Wildman–Crippen LogP) is 3.55. The first-order chi connectivity index (χ1) is 15.2. The number of benzene rings is 2. The first kappa shape index (κ1) is 21.2. The maximum absolute atomic E-state index is 13.0. The van der Waals surface area contributed by atoms with Crippen LogP contribution in [0.15, 0.2) is 53.7 Å². The highest BCUT2D eigenvalue weighted by atomic mass is 32.2. The minimum absolute atomic E-state index is 0.0498. The van der Waals surface area contributed by atoms with E-state index in [0.717, 1.165) is 28.0 Å². The Morgan fingerprint density at radius 2 is 1.90 bits per heavy atom. The molecule has 0 fully saturated rings. The van der Waals surface area contributed by atoms with Crippen LogP contribution in [0.2, 0.25) is 0 Å². The first-order valence-corrected chi connectivity index (χ1v) is 11.4. The summed E-state index contributed by atoms with van der Waals surface area (Å²) in [6.45, 7) is 6.76. The fourth-order valence-corrected chi connectivity index (χ4v) is 4.36. The van der Waals surface area contributed by atoms with Gasteiger partial charge in [-0.1, -0.05) is 54.2 Å². The van der Waals surface area contributed by atoms with E-state index in [-0.39, 0.29) is 5.91 Å². The van der Waals surface area contributed by atoms with Gasteiger partial charge in [0.15, 0.2) is 16.7 Å². The van der Waals surface area contributed by atoms with Crippen molar-refractivity contribution in [3.05, 3.63) is 65.5 Å². The number of thioether (sulfide) groups is 1. The van der Waals surface area contributed by atoms with Crippen molar-refractivity contribution in [2.45, 2.75) is 32.1 Å². The molecule has 162 valence electrons. The van der Waals surface area contributed by atoms with Crippen LogP contribution in [0.5, 0.6) is 11.5 Å². The molecule has 8 heteroatoms. The molecule has 1 aromatic heterocycles. The zero-order valence-corrected chi connectivity index (χ0v) is 18.6. The summed E-state index contributed by atoms with van der Waals surface area (Å²) >= 11 is 1.42. The summed E-state index contributed by atoms with van der Waals surface area (Å²) in [6, 6.07) is 16.0.